The molecule has 0 aliphatic rings. The van der Waals surface area contributed by atoms with E-state index in [1.54, 1.807) is 0 Å². The summed E-state index contributed by atoms with van der Waals surface area (Å²) in [6.07, 6.45) is 0. The summed E-state index contributed by atoms with van der Waals surface area (Å²) >= 11 is 0. The van der Waals surface area contributed by atoms with Gasteiger partial charge in [-0.25, -0.2) is 0 Å². The summed E-state index contributed by atoms with van der Waals surface area (Å²) in [4.78, 5) is 16.0. The van der Waals surface area contributed by atoms with Gasteiger partial charge >= 0.3 is 19.5 Å². The Labute approximate surface area is 67.3 Å². The van der Waals surface area contributed by atoms with E-state index in [4.69, 9.17) is 9.59 Å². The summed E-state index contributed by atoms with van der Waals surface area (Å²) in [7, 11) is 0. The monoisotopic (exact) mass is 234 g/mol. The smallest absolute Gasteiger partial charge is 1.00 e. The molecule has 0 aromatic carbocycles. The van der Waals surface area contributed by atoms with E-state index >= 15 is 0 Å². The largest absolute Gasteiger partial charge is 3.00 e. The molecule has 0 aromatic rings. The Hall–Kier alpha value is 0.823. The van der Waals surface area contributed by atoms with E-state index in [-0.39, 0.29) is 43.6 Å². The van der Waals surface area contributed by atoms with Gasteiger partial charge < -0.3 is 13.9 Å². The van der Waals surface area contributed by atoms with E-state index < -0.39 is 0 Å². The summed E-state index contributed by atoms with van der Waals surface area (Å²) in [6.45, 7) is 4.00. The van der Waals surface area contributed by atoms with Crippen LogP contribution in [-0.4, -0.2) is 13.6 Å². The molecule has 0 rings (SSSR count). The van der Waals surface area contributed by atoms with Crippen molar-refractivity contribution in [2.75, 3.05) is 0 Å². The zero-order chi connectivity index (χ0) is 4.00. The molecule has 0 aliphatic carbocycles. The minimum absolute atomic E-state index is 0. The zero-order valence-electron chi connectivity index (χ0n) is 6.98. The number of carbonyl (C=O) groups is 2. The van der Waals surface area contributed by atoms with E-state index in [0.29, 0.717) is 0 Å². The van der Waals surface area contributed by atoms with Crippen molar-refractivity contribution < 1.29 is 33.3 Å². The van der Waals surface area contributed by atoms with Crippen molar-refractivity contribution in [2.45, 2.75) is 0 Å². The average molecular weight is 234 g/mol. The van der Waals surface area contributed by atoms with Crippen molar-refractivity contribution in [1.29, 1.82) is 0 Å². The first kappa shape index (κ1) is 45.7. The third-order valence-electron chi connectivity index (χ3n) is 0. The maximum absolute atomic E-state index is 8.00. The predicted octanol–water partition coefficient (Wildman–Crippen LogP) is 0.0814. The first-order valence-corrected chi connectivity index (χ1v) is 0.577. The Morgan fingerprint density at radius 1 is 0.857 bits per heavy atom. The third kappa shape index (κ3) is 234. The first-order valence-electron chi connectivity index (χ1n) is 0.577. The van der Waals surface area contributed by atoms with Crippen LogP contribution in [0.5, 0.6) is 0 Å². The molecule has 5 heteroatoms. The van der Waals surface area contributed by atoms with Crippen molar-refractivity contribution >= 4 is 33.4 Å². The van der Waals surface area contributed by atoms with E-state index in [2.05, 4.69) is 0 Å². The number of hydrogen-bond acceptors (Lipinski definition) is 2. The molecule has 0 bridgehead atoms. The summed E-state index contributed by atoms with van der Waals surface area (Å²) < 4.78 is 0. The van der Waals surface area contributed by atoms with Gasteiger partial charge in [0.15, 0.2) is 0 Å². The SMILES string of the molecule is C=O.C=O.P.P.[H-].[H-].[H-].[Rh+3]. The van der Waals surface area contributed by atoms with Gasteiger partial charge in [-0.1, -0.05) is 0 Å². The Morgan fingerprint density at radius 3 is 0.857 bits per heavy atom. The van der Waals surface area contributed by atoms with Gasteiger partial charge in [0.05, 0.1) is 0 Å². The molecule has 2 nitrogen and oxygen atoms in total. The number of rotatable bonds is 0. The van der Waals surface area contributed by atoms with Crippen LogP contribution in [-0.2, 0) is 29.1 Å². The van der Waals surface area contributed by atoms with Gasteiger partial charge in [0.1, 0.15) is 13.6 Å². The molecule has 0 aliphatic heterocycles. The minimum Gasteiger partial charge on any atom is -1.00 e. The molecule has 0 fully saturated rings. The second-order valence-corrected chi connectivity index (χ2v) is 0. The van der Waals surface area contributed by atoms with Crippen LogP contribution in [0, 0.1) is 0 Å². The fraction of sp³-hybridized carbons (Fsp3) is 0. The number of carbonyl (C=O) groups excluding carboxylic acids is 2. The molecule has 0 N–H and O–H groups in total. The quantitative estimate of drug-likeness (QED) is 0.439. The van der Waals surface area contributed by atoms with Crippen molar-refractivity contribution in [3.05, 3.63) is 0 Å². The van der Waals surface area contributed by atoms with Crippen LogP contribution in [0.3, 0.4) is 0 Å². The molecule has 0 saturated carbocycles. The molecule has 52 valence electrons. The zero-order valence-corrected chi connectivity index (χ0v) is 8.45. The van der Waals surface area contributed by atoms with Gasteiger partial charge in [0, 0.05) is 0 Å². The molecule has 0 aromatic heterocycles. The second kappa shape index (κ2) is 341. The summed E-state index contributed by atoms with van der Waals surface area (Å²) in [5.74, 6) is 0. The maximum atomic E-state index is 8.00. The second-order valence-electron chi connectivity index (χ2n) is 0. The van der Waals surface area contributed by atoms with Crippen LogP contribution in [0.25, 0.3) is 0 Å². The van der Waals surface area contributed by atoms with Crippen LogP contribution in [0.1, 0.15) is 4.28 Å². The molecule has 0 spiro atoms. The molecular weight excluding hydrogens is 221 g/mol. The third-order valence-corrected chi connectivity index (χ3v) is 0. The molecule has 0 amide bonds. The van der Waals surface area contributed by atoms with E-state index in [9.17, 15) is 0 Å². The van der Waals surface area contributed by atoms with Gasteiger partial charge in [0.2, 0.25) is 0 Å². The van der Waals surface area contributed by atoms with Crippen LogP contribution in [0.4, 0.5) is 0 Å². The minimum atomic E-state index is 0. The summed E-state index contributed by atoms with van der Waals surface area (Å²) in [6, 6.07) is 0. The Bertz CT molecular complexity index is 24.5. The summed E-state index contributed by atoms with van der Waals surface area (Å²) in [5, 5.41) is 0. The molecule has 7 heavy (non-hydrogen) atoms. The van der Waals surface area contributed by atoms with Crippen molar-refractivity contribution in [1.82, 2.24) is 0 Å². The van der Waals surface area contributed by atoms with Crippen molar-refractivity contribution in [3.8, 4) is 0 Å². The van der Waals surface area contributed by atoms with Gasteiger partial charge in [-0.3, -0.25) is 0 Å². The Kier molecular flexibility index (Phi) is 2230. The van der Waals surface area contributed by atoms with Crippen LogP contribution >= 0.6 is 19.8 Å². The molecule has 0 radical (unpaired) electrons. The predicted molar refractivity (Wildman–Crippen MR) is 39.8 cm³/mol. The van der Waals surface area contributed by atoms with Gasteiger partial charge in [-0.2, -0.15) is 19.8 Å². The van der Waals surface area contributed by atoms with Crippen LogP contribution in [0.15, 0.2) is 0 Å². The fourth-order valence-corrected chi connectivity index (χ4v) is 0. The van der Waals surface area contributed by atoms with E-state index in [1.807, 2.05) is 13.6 Å². The fourth-order valence-electron chi connectivity index (χ4n) is 0. The first-order chi connectivity index (χ1) is 2.00. The van der Waals surface area contributed by atoms with Gasteiger partial charge in [-0.05, 0) is 0 Å². The van der Waals surface area contributed by atoms with E-state index in [1.165, 1.54) is 0 Å². The molecule has 2 atom stereocenters. The molecular formula is C2H13O2P2Rh. The normalized spacial score (nSPS) is 1.14. The summed E-state index contributed by atoms with van der Waals surface area (Å²) in [5.41, 5.74) is 0. The van der Waals surface area contributed by atoms with Crippen LogP contribution < -0.4 is 0 Å². The Morgan fingerprint density at radius 2 is 0.857 bits per heavy atom. The van der Waals surface area contributed by atoms with Gasteiger partial charge in [-0.15, -0.1) is 0 Å². The van der Waals surface area contributed by atoms with Crippen molar-refractivity contribution in [2.24, 2.45) is 0 Å². The molecule has 0 heterocycles. The standard InChI is InChI=1S/2CH2O.2H3P.Rh.3H/c2*1-2;;;;;;/h2*1H2;2*1H3;;;;/q;;;;+3;3*-1. The molecule has 0 saturated heterocycles. The topological polar surface area (TPSA) is 34.1 Å². The maximum Gasteiger partial charge on any atom is 3.00 e. The van der Waals surface area contributed by atoms with Crippen molar-refractivity contribution in [3.63, 3.8) is 0 Å². The number of hydrogen-bond donors (Lipinski definition) is 0. The molecule has 2 unspecified atom stereocenters. The average Bonchev–Trinajstić information content (AvgIpc) is 1.50. The van der Waals surface area contributed by atoms with Gasteiger partial charge in [0.25, 0.3) is 0 Å². The Balaban J connectivity index is -0.000000000833. The van der Waals surface area contributed by atoms with E-state index in [0.717, 1.165) is 0 Å². The van der Waals surface area contributed by atoms with Crippen LogP contribution in [0.2, 0.25) is 0 Å².